The van der Waals surface area contributed by atoms with Gasteiger partial charge in [0.05, 0.1) is 0 Å². The summed E-state index contributed by atoms with van der Waals surface area (Å²) in [6.07, 6.45) is 3.12. The third kappa shape index (κ3) is 3.15. The first-order valence-corrected chi connectivity index (χ1v) is 5.86. The van der Waals surface area contributed by atoms with Crippen LogP contribution in [0.1, 0.15) is 13.3 Å². The van der Waals surface area contributed by atoms with Crippen molar-refractivity contribution in [2.75, 3.05) is 14.2 Å². The molecule has 0 aromatic rings. The zero-order chi connectivity index (χ0) is 8.04. The van der Waals surface area contributed by atoms with Crippen LogP contribution < -0.4 is 0 Å². The largest absolute Gasteiger partial charge is 0.395 e. The van der Waals surface area contributed by atoms with Gasteiger partial charge in [-0.25, -0.2) is 0 Å². The summed E-state index contributed by atoms with van der Waals surface area (Å²) >= 11 is 0. The van der Waals surface area contributed by atoms with Crippen LogP contribution in [0.3, 0.4) is 0 Å². The molecule has 0 amide bonds. The average Bonchev–Trinajstić information content (AvgIpc) is 2.00. The predicted molar refractivity (Wildman–Crippen MR) is 45.1 cm³/mol. The molecule has 2 nitrogen and oxygen atoms in total. The minimum atomic E-state index is -1.90. The van der Waals surface area contributed by atoms with Crippen molar-refractivity contribution < 1.29 is 8.85 Å². The lowest BCUT2D eigenvalue weighted by Gasteiger charge is -2.17. The number of allylic oxidation sites excluding steroid dienone is 1. The van der Waals surface area contributed by atoms with Gasteiger partial charge in [0.2, 0.25) is 0 Å². The van der Waals surface area contributed by atoms with E-state index < -0.39 is 8.56 Å². The van der Waals surface area contributed by atoms with E-state index in [0.717, 1.165) is 6.42 Å². The average molecular weight is 160 g/mol. The number of hydrogen-bond acceptors (Lipinski definition) is 2. The Bertz CT molecular complexity index is 108. The highest BCUT2D eigenvalue weighted by Crippen LogP contribution is 2.05. The summed E-state index contributed by atoms with van der Waals surface area (Å²) in [4.78, 5) is 0. The van der Waals surface area contributed by atoms with Crippen LogP contribution in [0, 0.1) is 0 Å². The third-order valence-corrected chi connectivity index (χ3v) is 3.93. The van der Waals surface area contributed by atoms with Gasteiger partial charge in [0.15, 0.2) is 0 Å². The fraction of sp³-hybridized carbons (Fsp3) is 0.714. The molecule has 0 fully saturated rings. The normalized spacial score (nSPS) is 12.8. The molecule has 60 valence electrons. The molecule has 0 aliphatic heterocycles. The number of rotatable bonds is 4. The van der Waals surface area contributed by atoms with Crippen LogP contribution in [-0.2, 0) is 8.85 Å². The minimum absolute atomic E-state index is 1.04. The van der Waals surface area contributed by atoms with Crippen molar-refractivity contribution in [3.63, 3.8) is 0 Å². The Morgan fingerprint density at radius 3 is 2.10 bits per heavy atom. The smallest absolute Gasteiger partial charge is 0.360 e. The van der Waals surface area contributed by atoms with Crippen LogP contribution >= 0.6 is 0 Å². The predicted octanol–water partition coefficient (Wildman–Crippen LogP) is 1.86. The first kappa shape index (κ1) is 9.88. The van der Waals surface area contributed by atoms with Crippen LogP contribution in [-0.4, -0.2) is 22.8 Å². The van der Waals surface area contributed by atoms with Gasteiger partial charge in [-0.05, 0) is 18.7 Å². The Kier molecular flexibility index (Phi) is 4.60. The molecule has 0 saturated heterocycles. The topological polar surface area (TPSA) is 18.5 Å². The molecule has 0 aromatic carbocycles. The summed E-state index contributed by atoms with van der Waals surface area (Å²) in [5.74, 6) is 0. The monoisotopic (exact) mass is 160 g/mol. The molecule has 0 unspecified atom stereocenters. The van der Waals surface area contributed by atoms with Gasteiger partial charge in [-0.1, -0.05) is 13.0 Å². The standard InChI is InChI=1S/C7H16O2Si/c1-5-6-7-10(4,8-2)9-3/h6-7H,5H2,1-4H3. The maximum atomic E-state index is 5.22. The van der Waals surface area contributed by atoms with E-state index in [0.29, 0.717) is 0 Å². The molecule has 0 heterocycles. The van der Waals surface area contributed by atoms with Gasteiger partial charge in [0, 0.05) is 14.2 Å². The lowest BCUT2D eigenvalue weighted by molar-refractivity contribution is 0.264. The van der Waals surface area contributed by atoms with Gasteiger partial charge >= 0.3 is 8.56 Å². The molecule has 0 aromatic heterocycles. The van der Waals surface area contributed by atoms with E-state index in [1.54, 1.807) is 14.2 Å². The highest BCUT2D eigenvalue weighted by Gasteiger charge is 2.23. The van der Waals surface area contributed by atoms with E-state index in [4.69, 9.17) is 8.85 Å². The molecule has 0 aliphatic rings. The highest BCUT2D eigenvalue weighted by atomic mass is 28.4. The van der Waals surface area contributed by atoms with Crippen LogP contribution in [0.2, 0.25) is 6.55 Å². The second kappa shape index (κ2) is 4.66. The molecule has 0 spiro atoms. The fourth-order valence-corrected chi connectivity index (χ4v) is 1.65. The molecule has 10 heavy (non-hydrogen) atoms. The Morgan fingerprint density at radius 1 is 1.30 bits per heavy atom. The highest BCUT2D eigenvalue weighted by molar-refractivity contribution is 6.71. The molecular weight excluding hydrogens is 144 g/mol. The molecule has 0 rings (SSSR count). The molecule has 0 saturated carbocycles. The second-order valence-corrected chi connectivity index (χ2v) is 5.42. The zero-order valence-electron chi connectivity index (χ0n) is 7.18. The maximum Gasteiger partial charge on any atom is 0.360 e. The van der Waals surface area contributed by atoms with E-state index in [2.05, 4.69) is 13.0 Å². The second-order valence-electron chi connectivity index (χ2n) is 2.23. The molecule has 3 heteroatoms. The van der Waals surface area contributed by atoms with Crippen molar-refractivity contribution in [1.82, 2.24) is 0 Å². The summed E-state index contributed by atoms with van der Waals surface area (Å²) in [5.41, 5.74) is 2.05. The van der Waals surface area contributed by atoms with Gasteiger partial charge in [0.25, 0.3) is 0 Å². The van der Waals surface area contributed by atoms with Gasteiger partial charge < -0.3 is 8.85 Å². The van der Waals surface area contributed by atoms with E-state index in [1.165, 1.54) is 0 Å². The van der Waals surface area contributed by atoms with Gasteiger partial charge in [-0.2, -0.15) is 0 Å². The third-order valence-electron chi connectivity index (χ3n) is 1.47. The first-order valence-electron chi connectivity index (χ1n) is 3.46. The Balaban J connectivity index is 3.92. The molecule has 0 radical (unpaired) electrons. The molecular formula is C7H16O2Si. The van der Waals surface area contributed by atoms with Crippen molar-refractivity contribution in [3.8, 4) is 0 Å². The Hall–Kier alpha value is -0.123. The molecule has 0 bridgehead atoms. The van der Waals surface area contributed by atoms with Crippen molar-refractivity contribution >= 4 is 8.56 Å². The SMILES string of the molecule is CCC=C[Si](C)(OC)OC. The van der Waals surface area contributed by atoms with Crippen molar-refractivity contribution in [1.29, 1.82) is 0 Å². The summed E-state index contributed by atoms with van der Waals surface area (Å²) in [6, 6.07) is 0. The van der Waals surface area contributed by atoms with Crippen molar-refractivity contribution in [3.05, 3.63) is 11.8 Å². The molecule has 0 aliphatic carbocycles. The minimum Gasteiger partial charge on any atom is -0.395 e. The summed E-state index contributed by atoms with van der Waals surface area (Å²) in [7, 11) is 1.48. The fourth-order valence-electron chi connectivity index (χ4n) is 0.551. The lowest BCUT2D eigenvalue weighted by atomic mass is 10.5. The summed E-state index contributed by atoms with van der Waals surface area (Å²) in [5, 5.41) is 0. The summed E-state index contributed by atoms with van der Waals surface area (Å²) in [6.45, 7) is 4.11. The van der Waals surface area contributed by atoms with Gasteiger partial charge in [-0.15, -0.1) is 0 Å². The number of hydrogen-bond donors (Lipinski definition) is 0. The summed E-state index contributed by atoms with van der Waals surface area (Å²) < 4.78 is 10.4. The van der Waals surface area contributed by atoms with Gasteiger partial charge in [0.1, 0.15) is 0 Å². The lowest BCUT2D eigenvalue weighted by Crippen LogP contribution is -2.33. The van der Waals surface area contributed by atoms with Crippen LogP contribution in [0.15, 0.2) is 11.8 Å². The van der Waals surface area contributed by atoms with E-state index in [-0.39, 0.29) is 0 Å². The first-order chi connectivity index (χ1) is 4.68. The van der Waals surface area contributed by atoms with E-state index in [9.17, 15) is 0 Å². The van der Waals surface area contributed by atoms with Crippen LogP contribution in [0.25, 0.3) is 0 Å². The van der Waals surface area contributed by atoms with E-state index in [1.807, 2.05) is 12.2 Å². The van der Waals surface area contributed by atoms with Crippen molar-refractivity contribution in [2.45, 2.75) is 19.9 Å². The Morgan fingerprint density at radius 2 is 1.80 bits per heavy atom. The molecule has 0 atom stereocenters. The molecule has 0 N–H and O–H groups in total. The van der Waals surface area contributed by atoms with Crippen LogP contribution in [0.5, 0.6) is 0 Å². The Labute approximate surface area is 64.1 Å². The van der Waals surface area contributed by atoms with Crippen LogP contribution in [0.4, 0.5) is 0 Å². The van der Waals surface area contributed by atoms with Crippen molar-refractivity contribution in [2.24, 2.45) is 0 Å². The van der Waals surface area contributed by atoms with E-state index >= 15 is 0 Å². The van der Waals surface area contributed by atoms with Gasteiger partial charge in [-0.3, -0.25) is 0 Å². The zero-order valence-corrected chi connectivity index (χ0v) is 8.18. The quantitative estimate of drug-likeness (QED) is 0.584. The maximum absolute atomic E-state index is 5.22.